The minimum Gasteiger partial charge on any atom is -0.356 e. The quantitative estimate of drug-likeness (QED) is 0.626. The zero-order valence-corrected chi connectivity index (χ0v) is 16.9. The molecule has 2 aliphatic rings. The molecule has 0 unspecified atom stereocenters. The van der Waals surface area contributed by atoms with Gasteiger partial charge in [-0.3, -0.25) is 0 Å². The van der Waals surface area contributed by atoms with Crippen LogP contribution in [0.4, 0.5) is 5.82 Å². The number of aromatic nitrogens is 2. The minimum atomic E-state index is 0.791. The van der Waals surface area contributed by atoms with Crippen molar-refractivity contribution in [2.24, 2.45) is 5.92 Å². The van der Waals surface area contributed by atoms with Crippen molar-refractivity contribution >= 4 is 27.4 Å². The second kappa shape index (κ2) is 7.23. The van der Waals surface area contributed by atoms with Gasteiger partial charge in [0.15, 0.2) is 0 Å². The molecule has 1 fully saturated rings. The number of benzene rings is 1. The molecule has 3 heterocycles. The topological polar surface area (TPSA) is 29.0 Å². The first kappa shape index (κ1) is 17.2. The lowest BCUT2D eigenvalue weighted by Crippen LogP contribution is -2.35. The molecule has 0 radical (unpaired) electrons. The van der Waals surface area contributed by atoms with Crippen LogP contribution in [0.25, 0.3) is 10.2 Å². The average molecular weight is 378 g/mol. The molecule has 140 valence electrons. The molecule has 0 bridgehead atoms. The summed E-state index contributed by atoms with van der Waals surface area (Å²) in [6, 6.07) is 11.0. The Bertz CT molecular complexity index is 939. The number of anilines is 1. The van der Waals surface area contributed by atoms with Gasteiger partial charge in [-0.1, -0.05) is 37.3 Å². The Morgan fingerprint density at radius 2 is 1.89 bits per heavy atom. The zero-order valence-electron chi connectivity index (χ0n) is 16.1. The Morgan fingerprint density at radius 3 is 2.67 bits per heavy atom. The molecule has 3 nitrogen and oxygen atoms in total. The maximum atomic E-state index is 5.02. The molecule has 5 rings (SSSR count). The van der Waals surface area contributed by atoms with Gasteiger partial charge in [-0.2, -0.15) is 0 Å². The molecule has 0 N–H and O–H groups in total. The van der Waals surface area contributed by atoms with Gasteiger partial charge in [0.05, 0.1) is 5.39 Å². The third-order valence-electron chi connectivity index (χ3n) is 6.19. The van der Waals surface area contributed by atoms with E-state index in [1.54, 1.807) is 10.4 Å². The van der Waals surface area contributed by atoms with Gasteiger partial charge in [0.1, 0.15) is 16.5 Å². The number of fused-ring (bicyclic) bond motifs is 3. The highest BCUT2D eigenvalue weighted by Crippen LogP contribution is 2.41. The van der Waals surface area contributed by atoms with Gasteiger partial charge >= 0.3 is 0 Å². The molecule has 0 amide bonds. The molecule has 0 spiro atoms. The van der Waals surface area contributed by atoms with Crippen LogP contribution in [0.3, 0.4) is 0 Å². The van der Waals surface area contributed by atoms with E-state index in [4.69, 9.17) is 9.97 Å². The number of piperidine rings is 1. The van der Waals surface area contributed by atoms with Crippen LogP contribution in [-0.4, -0.2) is 23.1 Å². The number of hydrogen-bond acceptors (Lipinski definition) is 4. The van der Waals surface area contributed by atoms with E-state index < -0.39 is 0 Å². The van der Waals surface area contributed by atoms with Gasteiger partial charge in [-0.15, -0.1) is 11.3 Å². The van der Waals surface area contributed by atoms with Crippen molar-refractivity contribution < 1.29 is 0 Å². The summed E-state index contributed by atoms with van der Waals surface area (Å²) in [6.45, 7) is 4.41. The summed E-state index contributed by atoms with van der Waals surface area (Å²) in [6.07, 6.45) is 8.38. The summed E-state index contributed by atoms with van der Waals surface area (Å²) >= 11 is 1.92. The Balaban J connectivity index is 1.40. The first-order chi connectivity index (χ1) is 13.3. The van der Waals surface area contributed by atoms with Gasteiger partial charge in [-0.05, 0) is 55.6 Å². The Morgan fingerprint density at radius 1 is 1.07 bits per heavy atom. The van der Waals surface area contributed by atoms with Crippen LogP contribution in [0.5, 0.6) is 0 Å². The average Bonchev–Trinajstić information content (AvgIpc) is 3.29. The number of hydrogen-bond donors (Lipinski definition) is 0. The highest BCUT2D eigenvalue weighted by Gasteiger charge is 2.27. The van der Waals surface area contributed by atoms with Crippen LogP contribution < -0.4 is 4.90 Å². The van der Waals surface area contributed by atoms with Gasteiger partial charge in [0.25, 0.3) is 0 Å². The van der Waals surface area contributed by atoms with E-state index in [1.807, 2.05) is 11.3 Å². The number of thiophene rings is 1. The predicted octanol–water partition coefficient (Wildman–Crippen LogP) is 5.20. The van der Waals surface area contributed by atoms with Crippen LogP contribution in [-0.2, 0) is 25.7 Å². The van der Waals surface area contributed by atoms with Crippen LogP contribution in [0.15, 0.2) is 30.3 Å². The van der Waals surface area contributed by atoms with Crippen molar-refractivity contribution in [3.05, 3.63) is 52.2 Å². The molecule has 1 saturated heterocycles. The SMILES string of the molecule is CCc1nc(N2CCC(Cc3ccccc3)CC2)c2c3c(sc2n1)CCC3. The standard InChI is InChI=1S/C23H27N3S/c1-2-20-24-22(21-18-9-6-10-19(18)27-23(21)25-20)26-13-11-17(12-14-26)15-16-7-4-3-5-8-16/h3-5,7-8,17H,2,6,9-15H2,1H3. The predicted molar refractivity (Wildman–Crippen MR) is 114 cm³/mol. The van der Waals surface area contributed by atoms with Crippen LogP contribution in [0, 0.1) is 5.92 Å². The van der Waals surface area contributed by atoms with Gasteiger partial charge < -0.3 is 4.90 Å². The second-order valence-corrected chi connectivity index (χ2v) is 9.06. The molecule has 27 heavy (non-hydrogen) atoms. The highest BCUT2D eigenvalue weighted by molar-refractivity contribution is 7.19. The molecule has 1 aromatic carbocycles. The fourth-order valence-corrected chi connectivity index (χ4v) is 5.98. The summed E-state index contributed by atoms with van der Waals surface area (Å²) in [7, 11) is 0. The third-order valence-corrected chi connectivity index (χ3v) is 7.38. The van der Waals surface area contributed by atoms with Gasteiger partial charge in [0.2, 0.25) is 0 Å². The summed E-state index contributed by atoms with van der Waals surface area (Å²) in [5.41, 5.74) is 3.03. The largest absolute Gasteiger partial charge is 0.356 e. The van der Waals surface area contributed by atoms with E-state index >= 15 is 0 Å². The van der Waals surface area contributed by atoms with E-state index in [2.05, 4.69) is 42.2 Å². The van der Waals surface area contributed by atoms with Gasteiger partial charge in [-0.25, -0.2) is 9.97 Å². The molecule has 2 aromatic heterocycles. The molecule has 0 atom stereocenters. The Hall–Kier alpha value is -1.94. The first-order valence-corrected chi connectivity index (χ1v) is 11.2. The number of aryl methyl sites for hydroxylation is 3. The van der Waals surface area contributed by atoms with E-state index in [0.29, 0.717) is 0 Å². The number of rotatable bonds is 4. The molecule has 4 heteroatoms. The normalized spacial score (nSPS) is 17.6. The fourth-order valence-electron chi connectivity index (χ4n) is 4.70. The third kappa shape index (κ3) is 3.25. The molecular weight excluding hydrogens is 350 g/mol. The van der Waals surface area contributed by atoms with Crippen molar-refractivity contribution in [1.82, 2.24) is 9.97 Å². The van der Waals surface area contributed by atoms with Gasteiger partial charge in [0, 0.05) is 24.4 Å². The Kier molecular flexibility index (Phi) is 4.60. The summed E-state index contributed by atoms with van der Waals surface area (Å²) in [5, 5.41) is 1.38. The molecule has 1 aliphatic carbocycles. The first-order valence-electron chi connectivity index (χ1n) is 10.4. The lowest BCUT2D eigenvalue weighted by molar-refractivity contribution is 0.402. The second-order valence-electron chi connectivity index (χ2n) is 7.97. The number of nitrogens with zero attached hydrogens (tertiary/aromatic N) is 3. The van der Waals surface area contributed by atoms with Crippen molar-refractivity contribution in [2.45, 2.75) is 51.9 Å². The van der Waals surface area contributed by atoms with Crippen LogP contribution >= 0.6 is 11.3 Å². The molecule has 3 aromatic rings. The van der Waals surface area contributed by atoms with E-state index in [-0.39, 0.29) is 0 Å². The molecule has 1 aliphatic heterocycles. The molecular formula is C23H27N3S. The maximum absolute atomic E-state index is 5.02. The summed E-state index contributed by atoms with van der Waals surface area (Å²) < 4.78 is 0. The summed E-state index contributed by atoms with van der Waals surface area (Å²) in [5.74, 6) is 3.03. The van der Waals surface area contributed by atoms with E-state index in [9.17, 15) is 0 Å². The fraction of sp³-hybridized carbons (Fsp3) is 0.478. The van der Waals surface area contributed by atoms with Crippen molar-refractivity contribution in [1.29, 1.82) is 0 Å². The van der Waals surface area contributed by atoms with Crippen molar-refractivity contribution in [2.75, 3.05) is 18.0 Å². The highest BCUT2D eigenvalue weighted by atomic mass is 32.1. The molecule has 0 saturated carbocycles. The van der Waals surface area contributed by atoms with Crippen LogP contribution in [0.2, 0.25) is 0 Å². The Labute approximate surface area is 165 Å². The lowest BCUT2D eigenvalue weighted by atomic mass is 9.90. The monoisotopic (exact) mass is 377 g/mol. The van der Waals surface area contributed by atoms with Crippen molar-refractivity contribution in [3.63, 3.8) is 0 Å². The van der Waals surface area contributed by atoms with Crippen molar-refractivity contribution in [3.8, 4) is 0 Å². The zero-order chi connectivity index (χ0) is 18.2. The maximum Gasteiger partial charge on any atom is 0.141 e. The smallest absolute Gasteiger partial charge is 0.141 e. The van der Waals surface area contributed by atoms with E-state index in [1.165, 1.54) is 60.1 Å². The minimum absolute atomic E-state index is 0.791. The van der Waals surface area contributed by atoms with Crippen LogP contribution in [0.1, 0.15) is 48.0 Å². The summed E-state index contributed by atoms with van der Waals surface area (Å²) in [4.78, 5) is 15.2. The lowest BCUT2D eigenvalue weighted by Gasteiger charge is -2.33. The van der Waals surface area contributed by atoms with E-state index in [0.717, 1.165) is 31.3 Å².